The average molecular weight is 512 g/mol. The van der Waals surface area contributed by atoms with Gasteiger partial charge in [0.05, 0.1) is 25.4 Å². The summed E-state index contributed by atoms with van der Waals surface area (Å²) in [4.78, 5) is 8.69. The minimum Gasteiger partial charge on any atom is -0.494 e. The van der Waals surface area contributed by atoms with E-state index in [9.17, 15) is 0 Å². The second-order valence-electron chi connectivity index (χ2n) is 6.52. The largest absolute Gasteiger partial charge is 0.494 e. The summed E-state index contributed by atoms with van der Waals surface area (Å²) in [5, 5.41) is 3.11. The molecule has 0 aliphatic heterocycles. The van der Waals surface area contributed by atoms with Crippen LogP contribution >= 0.6 is 24.0 Å². The average Bonchev–Trinajstić information content (AvgIpc) is 2.66. The molecule has 1 aliphatic carbocycles. The van der Waals surface area contributed by atoms with E-state index in [1.807, 2.05) is 44.2 Å². The van der Waals surface area contributed by atoms with Gasteiger partial charge in [-0.05, 0) is 56.9 Å². The monoisotopic (exact) mass is 512 g/mol. The molecular formula is C21H29IN4O3. The Morgan fingerprint density at radius 1 is 1.17 bits per heavy atom. The Morgan fingerprint density at radius 3 is 2.66 bits per heavy atom. The number of nitrogens with zero attached hydrogens (tertiary/aromatic N) is 2. The summed E-state index contributed by atoms with van der Waals surface area (Å²) in [6.45, 7) is 5.45. The summed E-state index contributed by atoms with van der Waals surface area (Å²) in [7, 11) is 0. The molecule has 1 fully saturated rings. The predicted molar refractivity (Wildman–Crippen MR) is 126 cm³/mol. The lowest BCUT2D eigenvalue weighted by atomic mass is 9.96. The second-order valence-corrected chi connectivity index (χ2v) is 6.52. The van der Waals surface area contributed by atoms with Gasteiger partial charge in [0.25, 0.3) is 0 Å². The fourth-order valence-corrected chi connectivity index (χ4v) is 2.77. The van der Waals surface area contributed by atoms with Crippen molar-refractivity contribution < 1.29 is 14.2 Å². The van der Waals surface area contributed by atoms with E-state index in [1.54, 1.807) is 6.20 Å². The third-order valence-electron chi connectivity index (χ3n) is 4.40. The van der Waals surface area contributed by atoms with E-state index in [2.05, 4.69) is 15.3 Å². The molecule has 1 aliphatic rings. The Kier molecular flexibility index (Phi) is 9.30. The first-order valence-corrected chi connectivity index (χ1v) is 9.76. The summed E-state index contributed by atoms with van der Waals surface area (Å²) in [5.41, 5.74) is 7.80. The van der Waals surface area contributed by atoms with Crippen molar-refractivity contribution in [1.29, 1.82) is 0 Å². The van der Waals surface area contributed by atoms with Crippen molar-refractivity contribution in [3.8, 4) is 17.4 Å². The molecule has 7 nitrogen and oxygen atoms in total. The summed E-state index contributed by atoms with van der Waals surface area (Å²) >= 11 is 0. The van der Waals surface area contributed by atoms with Crippen LogP contribution in [-0.2, 0) is 6.54 Å². The fraction of sp³-hybridized carbons (Fsp3) is 0.429. The smallest absolute Gasteiger partial charge is 0.213 e. The quantitative estimate of drug-likeness (QED) is 0.295. The first kappa shape index (κ1) is 23.1. The molecule has 1 aromatic heterocycles. The van der Waals surface area contributed by atoms with Gasteiger partial charge < -0.3 is 25.3 Å². The van der Waals surface area contributed by atoms with Gasteiger partial charge in [-0.25, -0.2) is 9.98 Å². The number of pyridine rings is 1. The van der Waals surface area contributed by atoms with Gasteiger partial charge in [0.15, 0.2) is 5.96 Å². The molecular weight excluding hydrogens is 483 g/mol. The van der Waals surface area contributed by atoms with Crippen molar-refractivity contribution in [2.75, 3.05) is 18.5 Å². The highest BCUT2D eigenvalue weighted by molar-refractivity contribution is 14.0. The topological polar surface area (TPSA) is 91.0 Å². The molecule has 2 aromatic rings. The van der Waals surface area contributed by atoms with Gasteiger partial charge in [-0.3, -0.25) is 0 Å². The molecule has 158 valence electrons. The van der Waals surface area contributed by atoms with Crippen LogP contribution < -0.4 is 25.3 Å². The van der Waals surface area contributed by atoms with E-state index in [-0.39, 0.29) is 24.0 Å². The van der Waals surface area contributed by atoms with Gasteiger partial charge in [-0.15, -0.1) is 24.0 Å². The lowest BCUT2D eigenvalue weighted by Crippen LogP contribution is -2.25. The summed E-state index contributed by atoms with van der Waals surface area (Å²) in [5.74, 6) is 2.39. The first-order chi connectivity index (χ1) is 13.7. The molecule has 29 heavy (non-hydrogen) atoms. The number of aliphatic imine (C=N–C) groups is 1. The van der Waals surface area contributed by atoms with E-state index in [0.717, 1.165) is 29.8 Å². The molecule has 1 saturated carbocycles. The molecule has 3 rings (SSSR count). The Balaban J connectivity index is 0.00000300. The lowest BCUT2D eigenvalue weighted by molar-refractivity contribution is 0.114. The number of rotatable bonds is 9. The number of nitrogens with two attached hydrogens (primary N) is 1. The van der Waals surface area contributed by atoms with E-state index in [1.165, 1.54) is 6.42 Å². The van der Waals surface area contributed by atoms with Crippen LogP contribution in [0.25, 0.3) is 0 Å². The van der Waals surface area contributed by atoms with Gasteiger partial charge in [-0.2, -0.15) is 0 Å². The molecule has 0 bridgehead atoms. The summed E-state index contributed by atoms with van der Waals surface area (Å²) in [6.07, 6.45) is 5.47. The minimum atomic E-state index is 0. The van der Waals surface area contributed by atoms with Gasteiger partial charge >= 0.3 is 0 Å². The van der Waals surface area contributed by atoms with Crippen LogP contribution in [0.3, 0.4) is 0 Å². The van der Waals surface area contributed by atoms with Crippen LogP contribution in [0, 0.1) is 0 Å². The van der Waals surface area contributed by atoms with E-state index in [4.69, 9.17) is 19.9 Å². The molecule has 0 saturated heterocycles. The molecule has 8 heteroatoms. The Hall–Kier alpha value is -2.23. The third kappa shape index (κ3) is 6.95. The van der Waals surface area contributed by atoms with E-state index < -0.39 is 0 Å². The number of guanidine groups is 1. The van der Waals surface area contributed by atoms with Crippen LogP contribution in [0.15, 0.2) is 41.5 Å². The highest BCUT2D eigenvalue weighted by Crippen LogP contribution is 2.29. The molecule has 3 N–H and O–H groups in total. The van der Waals surface area contributed by atoms with Crippen LogP contribution in [0.1, 0.15) is 38.7 Å². The number of hydrogen-bond donors (Lipinski definition) is 2. The van der Waals surface area contributed by atoms with Crippen LogP contribution in [0.4, 0.5) is 5.69 Å². The van der Waals surface area contributed by atoms with Crippen LogP contribution in [-0.4, -0.2) is 30.3 Å². The van der Waals surface area contributed by atoms with Crippen molar-refractivity contribution in [1.82, 2.24) is 4.98 Å². The highest BCUT2D eigenvalue weighted by Gasteiger charge is 2.19. The van der Waals surface area contributed by atoms with E-state index >= 15 is 0 Å². The number of hydrogen-bond acceptors (Lipinski definition) is 5. The Bertz CT molecular complexity index is 812. The zero-order valence-corrected chi connectivity index (χ0v) is 19.2. The van der Waals surface area contributed by atoms with E-state index in [0.29, 0.717) is 43.5 Å². The summed E-state index contributed by atoms with van der Waals surface area (Å²) in [6, 6.07) is 9.40. The van der Waals surface area contributed by atoms with Crippen molar-refractivity contribution in [2.45, 2.75) is 45.8 Å². The molecule has 0 atom stereocenters. The minimum absolute atomic E-state index is 0. The zero-order valence-electron chi connectivity index (χ0n) is 16.9. The van der Waals surface area contributed by atoms with Crippen LogP contribution in [0.5, 0.6) is 17.4 Å². The molecule has 0 radical (unpaired) electrons. The third-order valence-corrected chi connectivity index (χ3v) is 4.40. The predicted octanol–water partition coefficient (Wildman–Crippen LogP) is 4.36. The van der Waals surface area contributed by atoms with Crippen molar-refractivity contribution in [3.63, 3.8) is 0 Å². The first-order valence-electron chi connectivity index (χ1n) is 9.76. The lowest BCUT2D eigenvalue weighted by Gasteiger charge is -2.25. The standard InChI is InChI=1S/C21H28N4O3.HI/c1-3-26-17-8-9-19(27-4-2)18(13-17)25-21(22)24-14-15-10-11-23-20(12-15)28-16-6-5-7-16;/h8-13,16H,3-7,14H2,1-2H3,(H3,22,24,25);1H. The fourth-order valence-electron chi connectivity index (χ4n) is 2.77. The number of anilines is 1. The summed E-state index contributed by atoms with van der Waals surface area (Å²) < 4.78 is 17.0. The number of aromatic nitrogens is 1. The maximum atomic E-state index is 6.09. The molecule has 0 amide bonds. The number of halogens is 1. The number of benzene rings is 1. The normalized spacial score (nSPS) is 13.8. The maximum absolute atomic E-state index is 6.09. The molecule has 0 unspecified atom stereocenters. The van der Waals surface area contributed by atoms with Gasteiger partial charge in [0.1, 0.15) is 17.6 Å². The molecule has 1 heterocycles. The van der Waals surface area contributed by atoms with Crippen molar-refractivity contribution in [3.05, 3.63) is 42.1 Å². The molecule has 0 spiro atoms. The second kappa shape index (κ2) is 11.7. The van der Waals surface area contributed by atoms with Crippen molar-refractivity contribution in [2.24, 2.45) is 10.7 Å². The number of ether oxygens (including phenoxy) is 3. The SMILES string of the molecule is CCOc1ccc(OCC)c(NC(N)=NCc2ccnc(OC3CCC3)c2)c1.I. The number of nitrogens with one attached hydrogen (secondary N) is 1. The highest BCUT2D eigenvalue weighted by atomic mass is 127. The van der Waals surface area contributed by atoms with Gasteiger partial charge in [0.2, 0.25) is 5.88 Å². The van der Waals surface area contributed by atoms with Gasteiger partial charge in [0, 0.05) is 18.3 Å². The Labute approximate surface area is 189 Å². The molecule has 1 aromatic carbocycles. The maximum Gasteiger partial charge on any atom is 0.213 e. The zero-order chi connectivity index (χ0) is 19.8. The Morgan fingerprint density at radius 2 is 1.97 bits per heavy atom. The van der Waals surface area contributed by atoms with Crippen molar-refractivity contribution >= 4 is 35.6 Å². The van der Waals surface area contributed by atoms with Gasteiger partial charge in [-0.1, -0.05) is 0 Å². The van der Waals surface area contributed by atoms with Crippen LogP contribution in [0.2, 0.25) is 0 Å².